The number of aromatic nitrogens is 4. The summed E-state index contributed by atoms with van der Waals surface area (Å²) in [7, 11) is 8.70. The Hall–Kier alpha value is -8.36. The lowest BCUT2D eigenvalue weighted by Gasteiger charge is -2.32. The summed E-state index contributed by atoms with van der Waals surface area (Å²) in [6.45, 7) is 0. The molecular formula is C60H52N8. The van der Waals surface area contributed by atoms with Crippen LogP contribution in [0.1, 0.15) is 22.8 Å². The molecule has 0 spiro atoms. The van der Waals surface area contributed by atoms with Crippen LogP contribution < -0.4 is 21.4 Å². The number of allylic oxidation sites excluding steroid dienone is 16. The fourth-order valence-electron chi connectivity index (χ4n) is 11.4. The van der Waals surface area contributed by atoms with Gasteiger partial charge in [0.05, 0.1) is 24.2 Å². The third-order valence-electron chi connectivity index (χ3n) is 14.6. The van der Waals surface area contributed by atoms with E-state index in [4.69, 9.17) is 0 Å². The summed E-state index contributed by atoms with van der Waals surface area (Å²) in [5.74, 6) is 0. The minimum Gasteiger partial charge on any atom is -0.369 e. The van der Waals surface area contributed by atoms with Gasteiger partial charge in [-0.2, -0.15) is 0 Å². The molecule has 4 aromatic rings. The lowest BCUT2D eigenvalue weighted by atomic mass is 9.91. The molecule has 332 valence electrons. The van der Waals surface area contributed by atoms with Gasteiger partial charge in [-0.05, 0) is 95.1 Å². The minimum atomic E-state index is 0.185. The van der Waals surface area contributed by atoms with Crippen molar-refractivity contribution in [3.05, 3.63) is 284 Å². The van der Waals surface area contributed by atoms with E-state index in [2.05, 4.69) is 263 Å². The quantitative estimate of drug-likeness (QED) is 0.177. The van der Waals surface area contributed by atoms with Gasteiger partial charge in [-0.25, -0.2) is 0 Å². The van der Waals surface area contributed by atoms with Crippen LogP contribution in [0.2, 0.25) is 0 Å². The van der Waals surface area contributed by atoms with Crippen molar-refractivity contribution in [2.24, 2.45) is 0 Å². The van der Waals surface area contributed by atoms with Crippen LogP contribution in [0.25, 0.3) is 22.3 Å². The first-order valence-electron chi connectivity index (χ1n) is 23.6. The maximum atomic E-state index is 4.03. The van der Waals surface area contributed by atoms with E-state index in [1.807, 2.05) is 0 Å². The third kappa shape index (κ3) is 6.58. The smallest absolute Gasteiger partial charge is 0.0721 e. The minimum absolute atomic E-state index is 0.185. The van der Waals surface area contributed by atoms with Crippen molar-refractivity contribution in [2.75, 3.05) is 28.2 Å². The molecule has 4 atom stereocenters. The van der Waals surface area contributed by atoms with E-state index in [0.717, 1.165) is 88.8 Å². The second-order valence-electron chi connectivity index (χ2n) is 19.0. The van der Waals surface area contributed by atoms with Gasteiger partial charge >= 0.3 is 0 Å². The number of likely N-dealkylation sites (N-methyl/N-ethyl adjacent to an activating group) is 4. The summed E-state index contributed by atoms with van der Waals surface area (Å²) in [4.78, 5) is 25.4. The average molecular weight is 885 g/mol. The van der Waals surface area contributed by atoms with Crippen molar-refractivity contribution in [2.45, 2.75) is 24.2 Å². The first-order valence-corrected chi connectivity index (χ1v) is 23.6. The maximum absolute atomic E-state index is 4.03. The predicted molar refractivity (Wildman–Crippen MR) is 276 cm³/mol. The standard InChI is InChI=1S/C60H52N8/c1-65-33-41(29-37-13-5-9-17-53(37)65)57-45-21-23-47(61-45)58(42-30-38-14-6-10-18-54(38)66(2)34-42)49-25-27-51(63-49)60(44-32-40-16-8-12-20-56(40)68(4)36-44)52-28-26-50(64-52)59(48-24-22-46(57)62-48)43-31-39-15-7-11-19-55(39)67(3)35-43/h5-36,53-56,61-64H,1-4H3. The third-order valence-corrected chi connectivity index (χ3v) is 14.6. The first kappa shape index (κ1) is 40.0. The van der Waals surface area contributed by atoms with Crippen molar-refractivity contribution >= 4 is 22.3 Å². The van der Waals surface area contributed by atoms with Crippen LogP contribution in [0, 0.1) is 0 Å². The molecule has 4 aliphatic carbocycles. The lowest BCUT2D eigenvalue weighted by Crippen LogP contribution is -2.31. The van der Waals surface area contributed by atoms with E-state index in [1.165, 1.54) is 22.3 Å². The van der Waals surface area contributed by atoms with Gasteiger partial charge in [-0.3, -0.25) is 0 Å². The molecule has 0 aromatic carbocycles. The Bertz CT molecular complexity index is 3190. The molecule has 0 radical (unpaired) electrons. The molecule has 4 aromatic heterocycles. The van der Waals surface area contributed by atoms with E-state index in [-0.39, 0.29) is 24.2 Å². The Morgan fingerprint density at radius 1 is 0.309 bits per heavy atom. The van der Waals surface area contributed by atoms with Crippen LogP contribution in [0.3, 0.4) is 0 Å². The molecule has 68 heavy (non-hydrogen) atoms. The van der Waals surface area contributed by atoms with Crippen molar-refractivity contribution < 1.29 is 0 Å². The Kier molecular flexibility index (Phi) is 9.19. The number of hydrogen-bond acceptors (Lipinski definition) is 4. The van der Waals surface area contributed by atoms with Crippen molar-refractivity contribution in [3.63, 3.8) is 0 Å². The highest BCUT2D eigenvalue weighted by Crippen LogP contribution is 2.37. The molecule has 8 bridgehead atoms. The van der Waals surface area contributed by atoms with Gasteiger partial charge in [0.1, 0.15) is 0 Å². The Balaban J connectivity index is 1.11. The van der Waals surface area contributed by atoms with Crippen LogP contribution >= 0.6 is 0 Å². The highest BCUT2D eigenvalue weighted by atomic mass is 15.1. The van der Waals surface area contributed by atoms with Gasteiger partial charge in [-0.1, -0.05) is 97.2 Å². The highest BCUT2D eigenvalue weighted by Gasteiger charge is 2.29. The molecule has 0 amide bonds. The molecule has 4 unspecified atom stereocenters. The zero-order chi connectivity index (χ0) is 45.6. The molecule has 0 saturated heterocycles. The second kappa shape index (κ2) is 15.6. The molecule has 0 saturated carbocycles. The predicted octanol–water partition coefficient (Wildman–Crippen LogP) is 7.11. The normalized spacial score (nSPS) is 24.2. The zero-order valence-corrected chi connectivity index (χ0v) is 38.6. The second-order valence-corrected chi connectivity index (χ2v) is 19.0. The van der Waals surface area contributed by atoms with Crippen molar-refractivity contribution in [3.8, 4) is 0 Å². The number of H-pyrrole nitrogens is 4. The van der Waals surface area contributed by atoms with Gasteiger partial charge in [-0.15, -0.1) is 0 Å². The summed E-state index contributed by atoms with van der Waals surface area (Å²) < 4.78 is 0. The summed E-state index contributed by atoms with van der Waals surface area (Å²) >= 11 is 0. The van der Waals surface area contributed by atoms with Crippen LogP contribution in [-0.2, 0) is 0 Å². The van der Waals surface area contributed by atoms with E-state index in [1.54, 1.807) is 0 Å². The Morgan fingerprint density at radius 2 is 0.559 bits per heavy atom. The SMILES string of the molecule is CN1C=C(C2=c3ccc([nH]3)=C(C3=CN(C)C4C=CC=CC4=C3)c3ccc([nH]3)C(C3=CN(C)C4C=CC=CC4=C3)=c3ccc([nH]3)=C(C3=CN(C)C4C=CC=CC4=C3)c3ccc2[nH]3)C=C2C=CC=CC21. The summed E-state index contributed by atoms with van der Waals surface area (Å²) in [5.41, 5.74) is 18.0. The van der Waals surface area contributed by atoms with Crippen LogP contribution in [-0.4, -0.2) is 91.9 Å². The van der Waals surface area contributed by atoms with Crippen molar-refractivity contribution in [1.82, 2.24) is 39.5 Å². The Labute approximate surface area is 396 Å². The Morgan fingerprint density at radius 3 is 0.809 bits per heavy atom. The fraction of sp³-hybridized carbons (Fsp3) is 0.133. The van der Waals surface area contributed by atoms with Gasteiger partial charge in [0.25, 0.3) is 0 Å². The van der Waals surface area contributed by atoms with E-state index < -0.39 is 0 Å². The van der Waals surface area contributed by atoms with E-state index in [9.17, 15) is 0 Å². The monoisotopic (exact) mass is 884 g/mol. The van der Waals surface area contributed by atoms with Gasteiger partial charge in [0, 0.05) is 142 Å². The summed E-state index contributed by atoms with van der Waals surface area (Å²) in [6.07, 6.45) is 53.7. The molecule has 13 rings (SSSR count). The number of hydrogen-bond donors (Lipinski definition) is 4. The molecule has 9 aliphatic rings. The van der Waals surface area contributed by atoms with E-state index >= 15 is 0 Å². The summed E-state index contributed by atoms with van der Waals surface area (Å²) in [5, 5.41) is 4.09. The zero-order valence-electron chi connectivity index (χ0n) is 38.6. The molecule has 0 fully saturated rings. The molecule has 5 aliphatic heterocycles. The van der Waals surface area contributed by atoms with Crippen LogP contribution in [0.15, 0.2) is 239 Å². The average Bonchev–Trinajstić information content (AvgIpc) is 4.21. The first-order chi connectivity index (χ1) is 33.3. The summed E-state index contributed by atoms with van der Waals surface area (Å²) in [6, 6.07) is 18.8. The number of fused-ring (bicyclic) bond motifs is 12. The number of rotatable bonds is 4. The molecule has 4 N–H and O–H groups in total. The van der Waals surface area contributed by atoms with Crippen molar-refractivity contribution in [1.29, 1.82) is 0 Å². The lowest BCUT2D eigenvalue weighted by molar-refractivity contribution is 0.419. The molecule has 8 nitrogen and oxygen atoms in total. The number of nitrogens with zero attached hydrogens (tertiary/aromatic N) is 4. The van der Waals surface area contributed by atoms with Gasteiger partial charge < -0.3 is 39.5 Å². The largest absolute Gasteiger partial charge is 0.369 e. The van der Waals surface area contributed by atoms with Gasteiger partial charge in [0.15, 0.2) is 0 Å². The topological polar surface area (TPSA) is 76.1 Å². The highest BCUT2D eigenvalue weighted by molar-refractivity contribution is 5.88. The maximum Gasteiger partial charge on any atom is 0.0721 e. The van der Waals surface area contributed by atoms with Crippen LogP contribution in [0.5, 0.6) is 0 Å². The van der Waals surface area contributed by atoms with E-state index in [0.29, 0.717) is 0 Å². The van der Waals surface area contributed by atoms with Gasteiger partial charge in [0.2, 0.25) is 0 Å². The molecule has 8 heteroatoms. The molecule has 9 heterocycles. The van der Waals surface area contributed by atoms with Crippen LogP contribution in [0.4, 0.5) is 0 Å². The number of nitrogens with one attached hydrogen (secondary N) is 4. The molecular weight excluding hydrogens is 833 g/mol. The number of aromatic amines is 4. The fourth-order valence-corrected chi connectivity index (χ4v) is 11.4.